The Bertz CT molecular complexity index is 978. The molecule has 0 atom stereocenters. The predicted octanol–water partition coefficient (Wildman–Crippen LogP) is 3.95. The van der Waals surface area contributed by atoms with Gasteiger partial charge in [-0.3, -0.25) is 0 Å². The van der Waals surface area contributed by atoms with E-state index < -0.39 is 11.9 Å². The Hall–Kier alpha value is -4.20. The third kappa shape index (κ3) is 8.05. The first kappa shape index (κ1) is 24.4. The van der Waals surface area contributed by atoms with Gasteiger partial charge in [0.1, 0.15) is 36.2 Å². The van der Waals surface area contributed by atoms with E-state index in [1.165, 1.54) is 0 Å². The molecule has 3 aromatic carbocycles. The average Bonchev–Trinajstić information content (AvgIpc) is 2.89. The van der Waals surface area contributed by atoms with E-state index in [4.69, 9.17) is 28.4 Å². The molecular weight excluding hydrogens is 440 g/mol. The highest BCUT2D eigenvalue weighted by Gasteiger charge is 2.08. The van der Waals surface area contributed by atoms with Crippen LogP contribution in [0, 0.1) is 0 Å². The van der Waals surface area contributed by atoms with Crippen molar-refractivity contribution in [1.29, 1.82) is 0 Å². The van der Waals surface area contributed by atoms with Gasteiger partial charge in [0, 0.05) is 0 Å². The number of esters is 2. The maximum Gasteiger partial charge on any atom is 0.344 e. The summed E-state index contributed by atoms with van der Waals surface area (Å²) >= 11 is 0. The molecule has 34 heavy (non-hydrogen) atoms. The fourth-order valence-corrected chi connectivity index (χ4v) is 2.85. The fourth-order valence-electron chi connectivity index (χ4n) is 2.85. The van der Waals surface area contributed by atoms with Crippen LogP contribution in [0.4, 0.5) is 0 Å². The Morgan fingerprint density at radius 1 is 0.588 bits per heavy atom. The largest absolute Gasteiger partial charge is 0.497 e. The normalized spacial score (nSPS) is 10.2. The van der Waals surface area contributed by atoms with E-state index in [1.807, 2.05) is 12.1 Å². The van der Waals surface area contributed by atoms with Crippen LogP contribution in [0.1, 0.15) is 11.1 Å². The minimum Gasteiger partial charge on any atom is -0.497 e. The highest BCUT2D eigenvalue weighted by molar-refractivity contribution is 5.71. The van der Waals surface area contributed by atoms with Gasteiger partial charge in [-0.05, 0) is 65.7 Å². The van der Waals surface area contributed by atoms with Gasteiger partial charge < -0.3 is 28.4 Å². The average molecular weight is 466 g/mol. The summed E-state index contributed by atoms with van der Waals surface area (Å²) in [4.78, 5) is 24.0. The maximum absolute atomic E-state index is 12.0. The molecule has 0 saturated heterocycles. The van der Waals surface area contributed by atoms with E-state index >= 15 is 0 Å². The second-order valence-corrected chi connectivity index (χ2v) is 7.07. The summed E-state index contributed by atoms with van der Waals surface area (Å²) in [6.07, 6.45) is 0. The van der Waals surface area contributed by atoms with Gasteiger partial charge in [-0.2, -0.15) is 0 Å². The molecule has 0 heterocycles. The highest BCUT2D eigenvalue weighted by atomic mass is 16.6. The van der Waals surface area contributed by atoms with Gasteiger partial charge >= 0.3 is 11.9 Å². The molecule has 0 aromatic heterocycles. The molecule has 178 valence electrons. The summed E-state index contributed by atoms with van der Waals surface area (Å²) in [5.41, 5.74) is 1.53. The van der Waals surface area contributed by atoms with Gasteiger partial charge in [-0.15, -0.1) is 0 Å². The van der Waals surface area contributed by atoms with Gasteiger partial charge in [-0.25, -0.2) is 9.59 Å². The Kier molecular flexibility index (Phi) is 9.16. The van der Waals surface area contributed by atoms with Gasteiger partial charge in [0.25, 0.3) is 0 Å². The van der Waals surface area contributed by atoms with Crippen LogP contribution in [0.2, 0.25) is 0 Å². The van der Waals surface area contributed by atoms with Crippen molar-refractivity contribution >= 4 is 11.9 Å². The van der Waals surface area contributed by atoms with Crippen molar-refractivity contribution in [3.8, 4) is 23.0 Å². The Labute approximate surface area is 197 Å². The number of carbonyl (C=O) groups excluding carboxylic acids is 2. The quantitative estimate of drug-likeness (QED) is 0.371. The van der Waals surface area contributed by atoms with Crippen molar-refractivity contribution in [1.82, 2.24) is 0 Å². The van der Waals surface area contributed by atoms with Crippen molar-refractivity contribution in [3.63, 3.8) is 0 Å². The molecule has 0 spiro atoms. The first-order chi connectivity index (χ1) is 16.6. The van der Waals surface area contributed by atoms with Crippen LogP contribution in [0.5, 0.6) is 23.0 Å². The second-order valence-electron chi connectivity index (χ2n) is 7.07. The number of hydrogen-bond acceptors (Lipinski definition) is 8. The molecule has 0 aliphatic rings. The van der Waals surface area contributed by atoms with Crippen LogP contribution < -0.4 is 18.9 Å². The lowest BCUT2D eigenvalue weighted by Gasteiger charge is -2.10. The van der Waals surface area contributed by atoms with Crippen LogP contribution in [-0.2, 0) is 32.3 Å². The molecule has 0 saturated carbocycles. The predicted molar refractivity (Wildman–Crippen MR) is 123 cm³/mol. The molecule has 8 nitrogen and oxygen atoms in total. The molecule has 0 unspecified atom stereocenters. The van der Waals surface area contributed by atoms with Crippen LogP contribution in [0.3, 0.4) is 0 Å². The zero-order chi connectivity index (χ0) is 24.2. The molecule has 0 fully saturated rings. The van der Waals surface area contributed by atoms with Crippen LogP contribution in [0.15, 0.2) is 72.8 Å². The Morgan fingerprint density at radius 3 is 1.35 bits per heavy atom. The minimum atomic E-state index is -0.497. The van der Waals surface area contributed by atoms with Crippen molar-refractivity contribution in [2.75, 3.05) is 27.4 Å². The third-order valence-electron chi connectivity index (χ3n) is 4.62. The minimum absolute atomic E-state index is 0.0766. The van der Waals surface area contributed by atoms with E-state index in [0.29, 0.717) is 23.0 Å². The van der Waals surface area contributed by atoms with E-state index in [2.05, 4.69) is 0 Å². The lowest BCUT2D eigenvalue weighted by atomic mass is 10.1. The number of rotatable bonds is 12. The molecule has 0 aliphatic carbocycles. The highest BCUT2D eigenvalue weighted by Crippen LogP contribution is 2.18. The van der Waals surface area contributed by atoms with Crippen LogP contribution in [-0.4, -0.2) is 39.4 Å². The maximum atomic E-state index is 12.0. The molecule has 0 bridgehead atoms. The Balaban J connectivity index is 1.37. The van der Waals surface area contributed by atoms with Crippen molar-refractivity contribution in [2.24, 2.45) is 0 Å². The van der Waals surface area contributed by atoms with E-state index in [9.17, 15) is 9.59 Å². The third-order valence-corrected chi connectivity index (χ3v) is 4.62. The fraction of sp³-hybridized carbons (Fsp3) is 0.231. The van der Waals surface area contributed by atoms with Crippen molar-refractivity contribution in [3.05, 3.63) is 83.9 Å². The Morgan fingerprint density at radius 2 is 0.971 bits per heavy atom. The zero-order valence-electron chi connectivity index (χ0n) is 19.0. The van der Waals surface area contributed by atoms with Gasteiger partial charge in [-0.1, -0.05) is 18.2 Å². The first-order valence-electron chi connectivity index (χ1n) is 10.5. The summed E-state index contributed by atoms with van der Waals surface area (Å²) in [5, 5.41) is 0. The molecule has 3 rings (SSSR count). The number of methoxy groups -OCH3 is 2. The van der Waals surface area contributed by atoms with Crippen LogP contribution in [0.25, 0.3) is 0 Å². The summed E-state index contributed by atoms with van der Waals surface area (Å²) in [5.74, 6) is 1.48. The molecule has 0 aliphatic heterocycles. The molecule has 0 amide bonds. The van der Waals surface area contributed by atoms with E-state index in [1.54, 1.807) is 74.9 Å². The summed E-state index contributed by atoms with van der Waals surface area (Å²) in [6.45, 7) is -0.268. The summed E-state index contributed by atoms with van der Waals surface area (Å²) < 4.78 is 31.5. The summed E-state index contributed by atoms with van der Waals surface area (Å²) in [7, 11) is 3.15. The number of hydrogen-bond donors (Lipinski definition) is 0. The number of carbonyl (C=O) groups is 2. The van der Waals surface area contributed by atoms with Crippen molar-refractivity contribution in [2.45, 2.75) is 13.2 Å². The van der Waals surface area contributed by atoms with Gasteiger partial charge in [0.2, 0.25) is 0 Å². The number of benzene rings is 3. The molecule has 0 N–H and O–H groups in total. The second kappa shape index (κ2) is 12.7. The molecular formula is C26H26O8. The topological polar surface area (TPSA) is 89.5 Å². The lowest BCUT2D eigenvalue weighted by molar-refractivity contribution is -0.147. The van der Waals surface area contributed by atoms with E-state index in [0.717, 1.165) is 11.1 Å². The number of ether oxygens (including phenoxy) is 6. The van der Waals surface area contributed by atoms with Gasteiger partial charge in [0.05, 0.1) is 14.2 Å². The smallest absolute Gasteiger partial charge is 0.344 e. The standard InChI is InChI=1S/C26H26O8/c1-29-21-6-10-23(11-7-21)31-17-25(27)33-15-19-4-3-5-20(14-19)16-34-26(28)18-32-24-12-8-22(30-2)9-13-24/h3-14H,15-18H2,1-2H3. The molecule has 3 aromatic rings. The zero-order valence-corrected chi connectivity index (χ0v) is 19.0. The molecule has 0 radical (unpaired) electrons. The summed E-state index contributed by atoms with van der Waals surface area (Å²) in [6, 6.07) is 21.0. The SMILES string of the molecule is COc1ccc(OCC(=O)OCc2cccc(COC(=O)COc3ccc(OC)cc3)c2)cc1. The van der Waals surface area contributed by atoms with E-state index in [-0.39, 0.29) is 26.4 Å². The molecule has 8 heteroatoms. The monoisotopic (exact) mass is 466 g/mol. The van der Waals surface area contributed by atoms with Crippen LogP contribution >= 0.6 is 0 Å². The van der Waals surface area contributed by atoms with Gasteiger partial charge in [0.15, 0.2) is 13.2 Å². The lowest BCUT2D eigenvalue weighted by Crippen LogP contribution is -2.15. The van der Waals surface area contributed by atoms with Crippen molar-refractivity contribution < 1.29 is 38.0 Å². The first-order valence-corrected chi connectivity index (χ1v) is 10.5.